The predicted molar refractivity (Wildman–Crippen MR) is 133 cm³/mol. The number of amides is 2. The third-order valence-corrected chi connectivity index (χ3v) is 6.53. The van der Waals surface area contributed by atoms with E-state index >= 15 is 0 Å². The van der Waals surface area contributed by atoms with Crippen molar-refractivity contribution < 1.29 is 33.1 Å². The van der Waals surface area contributed by atoms with Gasteiger partial charge in [-0.3, -0.25) is 9.59 Å². The number of nitrogens with one attached hydrogen (secondary N) is 1. The summed E-state index contributed by atoms with van der Waals surface area (Å²) in [6, 6.07) is 5.94. The lowest BCUT2D eigenvalue weighted by Crippen LogP contribution is -2.44. The van der Waals surface area contributed by atoms with E-state index in [0.717, 1.165) is 0 Å². The minimum Gasteiger partial charge on any atom is -0.494 e. The highest BCUT2D eigenvalue weighted by Gasteiger charge is 2.36. The molecule has 1 saturated heterocycles. The fourth-order valence-corrected chi connectivity index (χ4v) is 4.52. The molecule has 0 radical (unpaired) electrons. The average molecular weight is 528 g/mol. The molecule has 2 amide bonds. The van der Waals surface area contributed by atoms with Gasteiger partial charge in [0.05, 0.1) is 19.4 Å². The number of piperidine rings is 1. The van der Waals surface area contributed by atoms with Gasteiger partial charge in [0.15, 0.2) is 11.6 Å². The van der Waals surface area contributed by atoms with Crippen molar-refractivity contribution in [2.45, 2.75) is 45.8 Å². The molecule has 202 valence electrons. The molecule has 1 aromatic carbocycles. The number of aryl methyl sites for hydroxylation is 1. The molecule has 4 rings (SSSR count). The van der Waals surface area contributed by atoms with Crippen molar-refractivity contribution in [1.29, 1.82) is 0 Å². The first-order chi connectivity index (χ1) is 18.3. The average Bonchev–Trinajstić information content (AvgIpc) is 3.42. The van der Waals surface area contributed by atoms with E-state index in [1.54, 1.807) is 26.0 Å². The SMILES string of the molecule is CCOC(=O)C(=O)N1CCC(C2CC(c3cc(C(=O)NCc4ccc(F)c(OC)c4)nc(C)n3)=NO2)CC1. The first-order valence-corrected chi connectivity index (χ1v) is 12.4. The number of esters is 1. The first-order valence-electron chi connectivity index (χ1n) is 12.4. The molecular formula is C26H30FN5O6. The molecule has 38 heavy (non-hydrogen) atoms. The topological polar surface area (TPSA) is 132 Å². The summed E-state index contributed by atoms with van der Waals surface area (Å²) in [5.41, 5.74) is 1.97. The van der Waals surface area contributed by atoms with Crippen LogP contribution in [0.15, 0.2) is 29.4 Å². The molecule has 1 N–H and O–H groups in total. The zero-order valence-electron chi connectivity index (χ0n) is 21.5. The number of rotatable bonds is 7. The van der Waals surface area contributed by atoms with Crippen molar-refractivity contribution in [3.63, 3.8) is 0 Å². The maximum Gasteiger partial charge on any atom is 0.397 e. The Morgan fingerprint density at radius 2 is 1.95 bits per heavy atom. The van der Waals surface area contributed by atoms with Gasteiger partial charge in [-0.15, -0.1) is 0 Å². The van der Waals surface area contributed by atoms with Crippen LogP contribution in [0.4, 0.5) is 4.39 Å². The van der Waals surface area contributed by atoms with Crippen molar-refractivity contribution >= 4 is 23.5 Å². The highest BCUT2D eigenvalue weighted by Crippen LogP contribution is 2.29. The lowest BCUT2D eigenvalue weighted by Gasteiger charge is -2.33. The Morgan fingerprint density at radius 3 is 2.66 bits per heavy atom. The van der Waals surface area contributed by atoms with Crippen LogP contribution in [0, 0.1) is 18.7 Å². The predicted octanol–water partition coefficient (Wildman–Crippen LogP) is 2.16. The molecule has 2 aromatic rings. The summed E-state index contributed by atoms with van der Waals surface area (Å²) in [5.74, 6) is -1.67. The molecule has 0 saturated carbocycles. The van der Waals surface area contributed by atoms with E-state index in [4.69, 9.17) is 14.3 Å². The number of likely N-dealkylation sites (tertiary alicyclic amines) is 1. The quantitative estimate of drug-likeness (QED) is 0.428. The number of halogens is 1. The molecule has 12 heteroatoms. The normalized spacial score (nSPS) is 17.4. The Hall–Kier alpha value is -4.09. The number of oxime groups is 1. The summed E-state index contributed by atoms with van der Waals surface area (Å²) in [7, 11) is 1.38. The van der Waals surface area contributed by atoms with Gasteiger partial charge < -0.3 is 24.5 Å². The first kappa shape index (κ1) is 27.0. The minimum absolute atomic E-state index is 0.0991. The molecule has 11 nitrogen and oxygen atoms in total. The Balaban J connectivity index is 1.34. The van der Waals surface area contributed by atoms with Crippen molar-refractivity contribution in [2.24, 2.45) is 11.1 Å². The van der Waals surface area contributed by atoms with Crippen LogP contribution < -0.4 is 10.1 Å². The Morgan fingerprint density at radius 1 is 1.18 bits per heavy atom. The van der Waals surface area contributed by atoms with Crippen molar-refractivity contribution in [2.75, 3.05) is 26.8 Å². The van der Waals surface area contributed by atoms with Crippen LogP contribution in [0.25, 0.3) is 0 Å². The second kappa shape index (κ2) is 12.0. The summed E-state index contributed by atoms with van der Waals surface area (Å²) in [5, 5.41) is 7.00. The van der Waals surface area contributed by atoms with Crippen LogP contribution in [0.2, 0.25) is 0 Å². The zero-order chi connectivity index (χ0) is 27.2. The fourth-order valence-electron chi connectivity index (χ4n) is 4.52. The summed E-state index contributed by atoms with van der Waals surface area (Å²) < 4.78 is 23.4. The van der Waals surface area contributed by atoms with Gasteiger partial charge in [-0.1, -0.05) is 11.2 Å². The third-order valence-electron chi connectivity index (χ3n) is 6.53. The maximum atomic E-state index is 13.6. The van der Waals surface area contributed by atoms with Crippen LogP contribution in [0.1, 0.15) is 53.8 Å². The molecule has 1 unspecified atom stereocenters. The van der Waals surface area contributed by atoms with Gasteiger partial charge in [0.1, 0.15) is 23.3 Å². The Bertz CT molecular complexity index is 1240. The molecule has 2 aliphatic heterocycles. The van der Waals surface area contributed by atoms with Gasteiger partial charge in [-0.25, -0.2) is 19.2 Å². The Kier molecular flexibility index (Phi) is 8.49. The number of methoxy groups -OCH3 is 1. The number of carbonyl (C=O) groups excluding carboxylic acids is 3. The molecule has 3 heterocycles. The highest BCUT2D eigenvalue weighted by molar-refractivity contribution is 6.32. The molecule has 1 atom stereocenters. The monoisotopic (exact) mass is 527 g/mol. The van der Waals surface area contributed by atoms with E-state index in [0.29, 0.717) is 55.1 Å². The molecule has 1 fully saturated rings. The lowest BCUT2D eigenvalue weighted by atomic mass is 9.88. The summed E-state index contributed by atoms with van der Waals surface area (Å²) >= 11 is 0. The van der Waals surface area contributed by atoms with E-state index in [1.807, 2.05) is 0 Å². The number of carbonyl (C=O) groups is 3. The number of hydrogen-bond acceptors (Lipinski definition) is 9. The van der Waals surface area contributed by atoms with Crippen LogP contribution >= 0.6 is 0 Å². The highest BCUT2D eigenvalue weighted by atomic mass is 19.1. The van der Waals surface area contributed by atoms with E-state index in [2.05, 4.69) is 20.4 Å². The van der Waals surface area contributed by atoms with E-state index in [1.165, 1.54) is 24.1 Å². The third kappa shape index (κ3) is 6.24. The van der Waals surface area contributed by atoms with Gasteiger partial charge in [0.2, 0.25) is 0 Å². The second-order valence-corrected chi connectivity index (χ2v) is 9.07. The van der Waals surface area contributed by atoms with Crippen molar-refractivity contribution in [3.8, 4) is 5.75 Å². The van der Waals surface area contributed by atoms with Gasteiger partial charge in [0.25, 0.3) is 5.91 Å². The molecule has 2 aliphatic rings. The van der Waals surface area contributed by atoms with Gasteiger partial charge in [0, 0.05) is 32.0 Å². The Labute approximate surface area is 219 Å². The molecule has 0 spiro atoms. The number of benzene rings is 1. The van der Waals surface area contributed by atoms with Crippen LogP contribution in [-0.2, 0) is 25.7 Å². The van der Waals surface area contributed by atoms with Gasteiger partial charge in [-0.05, 0) is 50.5 Å². The summed E-state index contributed by atoms with van der Waals surface area (Å²) in [4.78, 5) is 52.6. The van der Waals surface area contributed by atoms with Crippen molar-refractivity contribution in [3.05, 3.63) is 52.9 Å². The summed E-state index contributed by atoms with van der Waals surface area (Å²) in [6.45, 7) is 4.55. The zero-order valence-corrected chi connectivity index (χ0v) is 21.5. The number of nitrogens with zero attached hydrogens (tertiary/aromatic N) is 4. The van der Waals surface area contributed by atoms with E-state index in [-0.39, 0.29) is 36.6 Å². The largest absolute Gasteiger partial charge is 0.494 e. The molecule has 1 aromatic heterocycles. The second-order valence-electron chi connectivity index (χ2n) is 9.07. The van der Waals surface area contributed by atoms with E-state index < -0.39 is 23.6 Å². The van der Waals surface area contributed by atoms with Crippen molar-refractivity contribution in [1.82, 2.24) is 20.2 Å². The van der Waals surface area contributed by atoms with Crippen LogP contribution in [-0.4, -0.2) is 71.3 Å². The van der Waals surface area contributed by atoms with Gasteiger partial charge in [-0.2, -0.15) is 0 Å². The molecule has 0 bridgehead atoms. The smallest absolute Gasteiger partial charge is 0.397 e. The lowest BCUT2D eigenvalue weighted by molar-refractivity contribution is -0.160. The number of aromatic nitrogens is 2. The molecule has 0 aliphatic carbocycles. The van der Waals surface area contributed by atoms with Crippen LogP contribution in [0.3, 0.4) is 0 Å². The van der Waals surface area contributed by atoms with Crippen LogP contribution in [0.5, 0.6) is 5.75 Å². The number of ether oxygens (including phenoxy) is 2. The van der Waals surface area contributed by atoms with Gasteiger partial charge >= 0.3 is 11.9 Å². The molecular weight excluding hydrogens is 497 g/mol. The maximum absolute atomic E-state index is 13.6. The number of hydrogen-bond donors (Lipinski definition) is 1. The fraction of sp³-hybridized carbons (Fsp3) is 0.462. The summed E-state index contributed by atoms with van der Waals surface area (Å²) in [6.07, 6.45) is 1.65. The van der Waals surface area contributed by atoms with E-state index in [9.17, 15) is 18.8 Å². The standard InChI is InChI=1S/C26H30FN5O6/c1-4-37-26(35)25(34)32-9-7-17(8-10-32)22-13-20(31-38-22)19-12-21(30-15(2)29-19)24(33)28-14-16-5-6-18(27)23(11-16)36-3/h5-6,11-12,17,22H,4,7-10,13-14H2,1-3H3,(H,28,33). The minimum atomic E-state index is -0.829.